The van der Waals surface area contributed by atoms with E-state index in [2.05, 4.69) is 60.3 Å². The van der Waals surface area contributed by atoms with Crippen LogP contribution >= 0.6 is 0 Å². The van der Waals surface area contributed by atoms with Gasteiger partial charge in [0.2, 0.25) is 0 Å². The third-order valence-corrected chi connectivity index (χ3v) is 3.27. The Balaban J connectivity index is 2.03. The molecule has 17 heavy (non-hydrogen) atoms. The normalized spacial score (nSPS) is 14.7. The molecule has 0 bridgehead atoms. The average Bonchev–Trinajstić information content (AvgIpc) is 2.85. The molecule has 2 heteroatoms. The van der Waals surface area contributed by atoms with Crippen molar-refractivity contribution < 1.29 is 0 Å². The zero-order valence-corrected chi connectivity index (χ0v) is 10.9. The quantitative estimate of drug-likeness (QED) is 0.762. The molecule has 2 nitrogen and oxygen atoms in total. The number of rotatable bonds is 5. The molecule has 0 atom stereocenters. The van der Waals surface area contributed by atoms with Gasteiger partial charge in [0.1, 0.15) is 0 Å². The van der Waals surface area contributed by atoms with Crippen LogP contribution in [-0.4, -0.2) is 18.1 Å². The minimum Gasteiger partial charge on any atom is -0.358 e. The Morgan fingerprint density at radius 3 is 2.71 bits per heavy atom. The number of para-hydroxylation sites is 1. The SMILES string of the molecule is CCCCN1C=CN(c2ccccc2CC)C1. The maximum Gasteiger partial charge on any atom is 0.0941 e. The molecule has 1 aromatic carbocycles. The van der Waals surface area contributed by atoms with Gasteiger partial charge in [0.25, 0.3) is 0 Å². The fraction of sp³-hybridized carbons (Fsp3) is 0.467. The van der Waals surface area contributed by atoms with Crippen molar-refractivity contribution in [2.45, 2.75) is 33.1 Å². The van der Waals surface area contributed by atoms with Crippen LogP contribution in [-0.2, 0) is 6.42 Å². The number of nitrogens with zero attached hydrogens (tertiary/aromatic N) is 2. The highest BCUT2D eigenvalue weighted by Gasteiger charge is 2.14. The van der Waals surface area contributed by atoms with E-state index in [0.29, 0.717) is 0 Å². The van der Waals surface area contributed by atoms with Crippen molar-refractivity contribution in [1.82, 2.24) is 4.90 Å². The molecule has 0 radical (unpaired) electrons. The summed E-state index contributed by atoms with van der Waals surface area (Å²) in [4.78, 5) is 4.73. The molecular weight excluding hydrogens is 208 g/mol. The molecule has 0 aliphatic carbocycles. The zero-order valence-electron chi connectivity index (χ0n) is 10.9. The first kappa shape index (κ1) is 12.0. The van der Waals surface area contributed by atoms with Gasteiger partial charge < -0.3 is 9.80 Å². The second-order valence-electron chi connectivity index (χ2n) is 4.56. The number of hydrogen-bond acceptors (Lipinski definition) is 2. The van der Waals surface area contributed by atoms with Crippen molar-refractivity contribution in [2.75, 3.05) is 18.1 Å². The maximum absolute atomic E-state index is 2.38. The minimum absolute atomic E-state index is 0.997. The van der Waals surface area contributed by atoms with Crippen LogP contribution in [0.3, 0.4) is 0 Å². The summed E-state index contributed by atoms with van der Waals surface area (Å²) in [7, 11) is 0. The summed E-state index contributed by atoms with van der Waals surface area (Å²) >= 11 is 0. The highest BCUT2D eigenvalue weighted by atomic mass is 15.3. The molecule has 0 saturated carbocycles. The van der Waals surface area contributed by atoms with E-state index in [1.165, 1.54) is 24.1 Å². The van der Waals surface area contributed by atoms with Gasteiger partial charge >= 0.3 is 0 Å². The summed E-state index contributed by atoms with van der Waals surface area (Å²) in [5.74, 6) is 0. The summed E-state index contributed by atoms with van der Waals surface area (Å²) in [6.07, 6.45) is 8.03. The van der Waals surface area contributed by atoms with Gasteiger partial charge in [-0.2, -0.15) is 0 Å². The molecular formula is C15H22N2. The second-order valence-corrected chi connectivity index (χ2v) is 4.56. The lowest BCUT2D eigenvalue weighted by Gasteiger charge is -2.23. The first-order valence-corrected chi connectivity index (χ1v) is 6.62. The summed E-state index contributed by atoms with van der Waals surface area (Å²) < 4.78 is 0. The molecule has 0 saturated heterocycles. The highest BCUT2D eigenvalue weighted by molar-refractivity contribution is 5.56. The summed E-state index contributed by atoms with van der Waals surface area (Å²) in [5.41, 5.74) is 2.78. The van der Waals surface area contributed by atoms with Gasteiger partial charge in [-0.15, -0.1) is 0 Å². The van der Waals surface area contributed by atoms with E-state index in [9.17, 15) is 0 Å². The minimum atomic E-state index is 0.997. The van der Waals surface area contributed by atoms with Gasteiger partial charge in [0.05, 0.1) is 6.67 Å². The summed E-state index contributed by atoms with van der Waals surface area (Å²) in [5, 5.41) is 0. The summed E-state index contributed by atoms with van der Waals surface area (Å²) in [6, 6.07) is 8.68. The highest BCUT2D eigenvalue weighted by Crippen LogP contribution is 2.24. The lowest BCUT2D eigenvalue weighted by Crippen LogP contribution is -2.26. The van der Waals surface area contributed by atoms with Crippen LogP contribution in [0.25, 0.3) is 0 Å². The summed E-state index contributed by atoms with van der Waals surface area (Å²) in [6.45, 7) is 6.62. The molecule has 1 aliphatic rings. The first-order chi connectivity index (χ1) is 8.35. The predicted molar refractivity (Wildman–Crippen MR) is 73.9 cm³/mol. The second kappa shape index (κ2) is 5.76. The topological polar surface area (TPSA) is 6.48 Å². The third-order valence-electron chi connectivity index (χ3n) is 3.27. The van der Waals surface area contributed by atoms with Crippen LogP contribution < -0.4 is 4.90 Å². The largest absolute Gasteiger partial charge is 0.358 e. The van der Waals surface area contributed by atoms with Gasteiger partial charge in [-0.3, -0.25) is 0 Å². The fourth-order valence-corrected chi connectivity index (χ4v) is 2.22. The smallest absolute Gasteiger partial charge is 0.0941 e. The van der Waals surface area contributed by atoms with Crippen molar-refractivity contribution >= 4 is 5.69 Å². The molecule has 1 heterocycles. The van der Waals surface area contributed by atoms with Crippen LogP contribution in [0.4, 0.5) is 5.69 Å². The Kier molecular flexibility index (Phi) is 4.08. The van der Waals surface area contributed by atoms with Crippen molar-refractivity contribution in [3.05, 3.63) is 42.2 Å². The molecule has 1 aliphatic heterocycles. The zero-order chi connectivity index (χ0) is 12.1. The number of benzene rings is 1. The van der Waals surface area contributed by atoms with E-state index < -0.39 is 0 Å². The molecule has 0 spiro atoms. The van der Waals surface area contributed by atoms with E-state index in [1.54, 1.807) is 0 Å². The number of hydrogen-bond donors (Lipinski definition) is 0. The number of unbranched alkanes of at least 4 members (excludes halogenated alkanes) is 1. The van der Waals surface area contributed by atoms with Gasteiger partial charge in [-0.25, -0.2) is 0 Å². The van der Waals surface area contributed by atoms with Gasteiger partial charge in [0.15, 0.2) is 0 Å². The predicted octanol–water partition coefficient (Wildman–Crippen LogP) is 3.60. The lowest BCUT2D eigenvalue weighted by molar-refractivity contribution is 0.396. The molecule has 0 unspecified atom stereocenters. The average molecular weight is 230 g/mol. The molecule has 0 N–H and O–H groups in total. The van der Waals surface area contributed by atoms with E-state index >= 15 is 0 Å². The number of aryl methyl sites for hydroxylation is 1. The Morgan fingerprint density at radius 2 is 1.94 bits per heavy atom. The van der Waals surface area contributed by atoms with Crippen LogP contribution in [0, 0.1) is 0 Å². The van der Waals surface area contributed by atoms with Gasteiger partial charge in [-0.1, -0.05) is 38.5 Å². The van der Waals surface area contributed by atoms with Crippen molar-refractivity contribution in [1.29, 1.82) is 0 Å². The molecule has 2 rings (SSSR count). The van der Waals surface area contributed by atoms with Crippen molar-refractivity contribution in [3.63, 3.8) is 0 Å². The van der Waals surface area contributed by atoms with Crippen molar-refractivity contribution in [2.24, 2.45) is 0 Å². The third kappa shape index (κ3) is 2.82. The molecule has 0 fully saturated rings. The lowest BCUT2D eigenvalue weighted by atomic mass is 10.1. The van der Waals surface area contributed by atoms with E-state index in [0.717, 1.165) is 19.6 Å². The first-order valence-electron chi connectivity index (χ1n) is 6.62. The molecule has 1 aromatic rings. The van der Waals surface area contributed by atoms with Crippen LogP contribution in [0.5, 0.6) is 0 Å². The van der Waals surface area contributed by atoms with E-state index in [1.807, 2.05) is 0 Å². The Hall–Kier alpha value is -1.44. The molecule has 92 valence electrons. The van der Waals surface area contributed by atoms with Gasteiger partial charge in [-0.05, 0) is 24.5 Å². The maximum atomic E-state index is 2.38. The molecule has 0 aromatic heterocycles. The van der Waals surface area contributed by atoms with Crippen molar-refractivity contribution in [3.8, 4) is 0 Å². The van der Waals surface area contributed by atoms with E-state index in [-0.39, 0.29) is 0 Å². The molecule has 0 amide bonds. The monoisotopic (exact) mass is 230 g/mol. The van der Waals surface area contributed by atoms with Gasteiger partial charge in [0, 0.05) is 24.6 Å². The van der Waals surface area contributed by atoms with E-state index in [4.69, 9.17) is 0 Å². The number of anilines is 1. The standard InChI is InChI=1S/C15H22N2/c1-3-5-10-16-11-12-17(13-16)15-9-7-6-8-14(15)4-2/h6-9,11-12H,3-5,10,13H2,1-2H3. The fourth-order valence-electron chi connectivity index (χ4n) is 2.22. The van der Waals surface area contributed by atoms with Crippen LogP contribution in [0.1, 0.15) is 32.3 Å². The Bertz CT molecular complexity index is 384. The van der Waals surface area contributed by atoms with Crippen LogP contribution in [0.2, 0.25) is 0 Å². The van der Waals surface area contributed by atoms with Crippen LogP contribution in [0.15, 0.2) is 36.7 Å². The Morgan fingerprint density at radius 1 is 1.12 bits per heavy atom. The Labute approximate surface area is 105 Å².